The Hall–Kier alpha value is 2.48. The van der Waals surface area contributed by atoms with E-state index >= 15 is 0 Å². The second kappa shape index (κ2) is 153. The van der Waals surface area contributed by atoms with Crippen molar-refractivity contribution in [2.45, 2.75) is 0 Å². The SMILES string of the molecule is O.O.O.O.O.O.[Ca+2].[I-].[I-]. The monoisotopic (exact) mass is 402 g/mol. The van der Waals surface area contributed by atoms with Gasteiger partial charge in [-0.05, 0) is 0 Å². The maximum Gasteiger partial charge on any atom is 2.00 e. The Bertz CT molecular complexity index is 11.0. The van der Waals surface area contributed by atoms with Gasteiger partial charge in [0, 0.05) is 0 Å². The van der Waals surface area contributed by atoms with E-state index in [-0.39, 0.29) is 119 Å². The van der Waals surface area contributed by atoms with Crippen molar-refractivity contribution in [3.8, 4) is 0 Å². The average molecular weight is 402 g/mol. The van der Waals surface area contributed by atoms with Gasteiger partial charge in [0.1, 0.15) is 0 Å². The number of rotatable bonds is 0. The minimum Gasteiger partial charge on any atom is -1.00 e. The van der Waals surface area contributed by atoms with Crippen LogP contribution in [0.3, 0.4) is 0 Å². The summed E-state index contributed by atoms with van der Waals surface area (Å²) in [6.07, 6.45) is 0. The topological polar surface area (TPSA) is 189 Å². The van der Waals surface area contributed by atoms with Crippen molar-refractivity contribution in [2.24, 2.45) is 0 Å². The standard InChI is InChI=1S/Ca.2HI.6H2O/h;2*1H;6*1H2/q+2;;;;;;;;/p-2. The van der Waals surface area contributed by atoms with Gasteiger partial charge in [0.2, 0.25) is 0 Å². The molecule has 0 aliphatic carbocycles. The molecule has 12 N–H and O–H groups in total. The smallest absolute Gasteiger partial charge is 1.00 e. The van der Waals surface area contributed by atoms with Crippen LogP contribution in [0.4, 0.5) is 0 Å². The fourth-order valence-corrected chi connectivity index (χ4v) is 0. The fraction of sp³-hybridized carbons (Fsp3) is 0. The summed E-state index contributed by atoms with van der Waals surface area (Å²) >= 11 is 0. The number of hydrogen-bond donors (Lipinski definition) is 0. The molecule has 0 spiro atoms. The predicted octanol–water partition coefficient (Wildman–Crippen LogP) is -11.3. The summed E-state index contributed by atoms with van der Waals surface area (Å²) in [7, 11) is 0. The van der Waals surface area contributed by atoms with Gasteiger partial charge in [0.15, 0.2) is 0 Å². The molecular formula is H12CaI2O6. The zero-order chi connectivity index (χ0) is 0. The molecule has 0 amide bonds. The van der Waals surface area contributed by atoms with Gasteiger partial charge in [-0.25, -0.2) is 0 Å². The van der Waals surface area contributed by atoms with Crippen LogP contribution >= 0.6 is 0 Å². The van der Waals surface area contributed by atoms with E-state index < -0.39 is 0 Å². The molecule has 6 nitrogen and oxygen atoms in total. The number of hydrogen-bond acceptors (Lipinski definition) is 0. The molecule has 0 bridgehead atoms. The molecule has 9 heavy (non-hydrogen) atoms. The van der Waals surface area contributed by atoms with E-state index in [1.54, 1.807) is 0 Å². The quantitative estimate of drug-likeness (QED) is 0.275. The molecule has 0 aliphatic rings. The molecule has 0 aromatic rings. The summed E-state index contributed by atoms with van der Waals surface area (Å²) < 4.78 is 0. The van der Waals surface area contributed by atoms with Crippen molar-refractivity contribution >= 4 is 37.7 Å². The molecule has 0 fully saturated rings. The van der Waals surface area contributed by atoms with E-state index in [4.69, 9.17) is 0 Å². The summed E-state index contributed by atoms with van der Waals surface area (Å²) in [5.74, 6) is 0. The molecule has 0 saturated heterocycles. The van der Waals surface area contributed by atoms with Crippen LogP contribution in [-0.2, 0) is 0 Å². The third-order valence-electron chi connectivity index (χ3n) is 0. The molecule has 0 aliphatic heterocycles. The molecule has 64 valence electrons. The van der Waals surface area contributed by atoms with Crippen LogP contribution in [0.5, 0.6) is 0 Å². The van der Waals surface area contributed by atoms with Crippen molar-refractivity contribution in [3.05, 3.63) is 0 Å². The second-order valence-electron chi connectivity index (χ2n) is 0. The summed E-state index contributed by atoms with van der Waals surface area (Å²) in [5.41, 5.74) is 0. The first kappa shape index (κ1) is 205. The fourth-order valence-electron chi connectivity index (χ4n) is 0. The normalized spacial score (nSPS) is 0. The molecular weight excluding hydrogens is 390 g/mol. The van der Waals surface area contributed by atoms with E-state index in [0.29, 0.717) is 0 Å². The molecule has 0 heterocycles. The molecule has 0 aromatic carbocycles. The molecule has 0 unspecified atom stereocenters. The minimum absolute atomic E-state index is 0. The van der Waals surface area contributed by atoms with Crippen LogP contribution in [-0.4, -0.2) is 70.6 Å². The molecule has 0 radical (unpaired) electrons. The zero-order valence-electron chi connectivity index (χ0n) is 4.46. The number of halogens is 2. The molecule has 0 saturated carbocycles. The zero-order valence-corrected chi connectivity index (χ0v) is 11.0. The first-order valence-electron chi connectivity index (χ1n) is 0. The van der Waals surface area contributed by atoms with Crippen LogP contribution in [0.1, 0.15) is 0 Å². The van der Waals surface area contributed by atoms with Crippen molar-refractivity contribution in [3.63, 3.8) is 0 Å². The van der Waals surface area contributed by atoms with Crippen molar-refractivity contribution < 1.29 is 80.8 Å². The van der Waals surface area contributed by atoms with Gasteiger partial charge >= 0.3 is 37.7 Å². The van der Waals surface area contributed by atoms with E-state index in [9.17, 15) is 0 Å². The van der Waals surface area contributed by atoms with E-state index in [1.807, 2.05) is 0 Å². The predicted molar refractivity (Wildman–Crippen MR) is 27.4 cm³/mol. The van der Waals surface area contributed by atoms with Gasteiger partial charge in [0.05, 0.1) is 0 Å². The molecule has 0 atom stereocenters. The average Bonchev–Trinajstić information content (AvgIpc) is 0. The van der Waals surface area contributed by atoms with Gasteiger partial charge in [-0.15, -0.1) is 0 Å². The maximum absolute atomic E-state index is 0. The van der Waals surface area contributed by atoms with Gasteiger partial charge in [-0.1, -0.05) is 0 Å². The maximum atomic E-state index is 0. The third-order valence-corrected chi connectivity index (χ3v) is 0. The first-order valence-corrected chi connectivity index (χ1v) is 0. The van der Waals surface area contributed by atoms with E-state index in [0.717, 1.165) is 0 Å². The Morgan fingerprint density at radius 2 is 0.333 bits per heavy atom. The van der Waals surface area contributed by atoms with Gasteiger partial charge in [-0.2, -0.15) is 0 Å². The minimum atomic E-state index is 0. The van der Waals surface area contributed by atoms with Crippen molar-refractivity contribution in [1.82, 2.24) is 0 Å². The Morgan fingerprint density at radius 1 is 0.333 bits per heavy atom. The van der Waals surface area contributed by atoms with Crippen molar-refractivity contribution in [2.75, 3.05) is 0 Å². The van der Waals surface area contributed by atoms with Gasteiger partial charge < -0.3 is 80.8 Å². The van der Waals surface area contributed by atoms with Crippen molar-refractivity contribution in [1.29, 1.82) is 0 Å². The van der Waals surface area contributed by atoms with Gasteiger partial charge in [-0.3, -0.25) is 0 Å². The largest absolute Gasteiger partial charge is 2.00 e. The van der Waals surface area contributed by atoms with Crippen LogP contribution in [0, 0.1) is 0 Å². The summed E-state index contributed by atoms with van der Waals surface area (Å²) in [5, 5.41) is 0. The third kappa shape index (κ3) is 123. The molecule has 9 heteroatoms. The Morgan fingerprint density at radius 3 is 0.333 bits per heavy atom. The Kier molecular flexibility index (Phi) is 3490. The van der Waals surface area contributed by atoms with Crippen LogP contribution < -0.4 is 48.0 Å². The Labute approximate surface area is 117 Å². The van der Waals surface area contributed by atoms with Crippen LogP contribution in [0.2, 0.25) is 0 Å². The molecule has 0 aromatic heterocycles. The summed E-state index contributed by atoms with van der Waals surface area (Å²) in [6, 6.07) is 0. The summed E-state index contributed by atoms with van der Waals surface area (Å²) in [4.78, 5) is 0. The van der Waals surface area contributed by atoms with Crippen LogP contribution in [0.25, 0.3) is 0 Å². The van der Waals surface area contributed by atoms with Gasteiger partial charge in [0.25, 0.3) is 0 Å². The second-order valence-corrected chi connectivity index (χ2v) is 0. The van der Waals surface area contributed by atoms with E-state index in [2.05, 4.69) is 0 Å². The molecule has 0 rings (SSSR count). The Balaban J connectivity index is 0. The van der Waals surface area contributed by atoms with Crippen LogP contribution in [0.15, 0.2) is 0 Å². The van der Waals surface area contributed by atoms with E-state index in [1.165, 1.54) is 0 Å². The summed E-state index contributed by atoms with van der Waals surface area (Å²) in [6.45, 7) is 0. The first-order chi connectivity index (χ1) is 0.